The molecule has 132 heavy (non-hydrogen) atoms. The minimum absolute atomic E-state index is 0.372. The molecule has 9 aromatic rings. The van der Waals surface area contributed by atoms with Crippen LogP contribution in [0.1, 0.15) is 475 Å². The van der Waals surface area contributed by atoms with Gasteiger partial charge >= 0.3 is 0 Å². The van der Waals surface area contributed by atoms with Crippen molar-refractivity contribution in [3.63, 3.8) is 0 Å². The Labute approximate surface area is 813 Å². The Balaban J connectivity index is 0.000000304. The van der Waals surface area contributed by atoms with E-state index in [0.717, 1.165) is 83.7 Å². The number of rotatable bonds is 21. The summed E-state index contributed by atoms with van der Waals surface area (Å²) in [7, 11) is 0. The molecule has 0 saturated heterocycles. The van der Waals surface area contributed by atoms with E-state index in [2.05, 4.69) is 268 Å². The van der Waals surface area contributed by atoms with E-state index in [-0.39, 0.29) is 0 Å². The molecule has 8 aromatic carbocycles. The van der Waals surface area contributed by atoms with Crippen molar-refractivity contribution in [2.75, 3.05) is 5.75 Å². The fraction of sp³-hybridized carbons (Fsp3) is 0.677. The number of hydrogen-bond donors (Lipinski definition) is 0. The highest BCUT2D eigenvalue weighted by molar-refractivity contribution is 7.99. The molecule has 0 aliphatic heterocycles. The molecule has 5 fully saturated rings. The quantitative estimate of drug-likeness (QED) is 0.0299. The minimum atomic E-state index is 0.372. The van der Waals surface area contributed by atoms with E-state index in [1.165, 1.54) is 173 Å². The molecule has 0 radical (unpaired) electrons. The smallest absolute Gasteiger partial charge is 0.0437 e. The van der Waals surface area contributed by atoms with Gasteiger partial charge in [-0.2, -0.15) is 0 Å². The Hall–Kier alpha value is -4.89. The lowest BCUT2D eigenvalue weighted by molar-refractivity contribution is -0.0882. The second-order valence-electron chi connectivity index (χ2n) is 50.2. The molecule has 1 aromatic heterocycles. The lowest BCUT2D eigenvalue weighted by Gasteiger charge is -2.58. The summed E-state index contributed by atoms with van der Waals surface area (Å²) in [6, 6.07) is 14.1. The van der Waals surface area contributed by atoms with E-state index < -0.39 is 0 Å². The summed E-state index contributed by atoms with van der Waals surface area (Å²) in [5.41, 5.74) is 39.8. The predicted octanol–water partition coefficient (Wildman–Crippen LogP) is 39.7. The lowest BCUT2D eigenvalue weighted by Crippen LogP contribution is -2.51. The summed E-state index contributed by atoms with van der Waals surface area (Å²) in [6.07, 6.45) is 36.2. The van der Waals surface area contributed by atoms with Gasteiger partial charge in [0.05, 0.1) is 0 Å². The Morgan fingerprint density at radius 3 is 1.58 bits per heavy atom. The SMILES string of the molecule is CC1CC2CCCC3CC(C)C(C)C(C1C)C23.CCCCCCC1C(C)CCCC1C.CCCCCCC1c2c(c(C)c(C)c3c2c(C)cc2c3sc3c4c5c6c(cc(CCc7c(C)cc(C)c8c7C(C)C(C)CC8C)c7cc8cc9c%10c%11c8c(c76)C6C(=C%11C(CSc7c(C)c(C)c(C)c(C)c7C)C%10C(C)C(CCCCCC)C9C)C(C)C(C)C(C(C)C4C)C56)c32)C(C)C(C)C1C. The average Bonchev–Trinajstić information content (AvgIpc) is 1.34. The van der Waals surface area contributed by atoms with E-state index in [4.69, 9.17) is 0 Å². The van der Waals surface area contributed by atoms with Crippen molar-refractivity contribution in [3.05, 3.63) is 158 Å². The Bertz CT molecular complexity index is 5910. The number of hydrogen-bond acceptors (Lipinski definition) is 2. The molecule has 0 amide bonds. The van der Waals surface area contributed by atoms with Crippen LogP contribution in [-0.4, -0.2) is 5.75 Å². The fourth-order valence-corrected chi connectivity index (χ4v) is 38.5. The first-order valence-corrected chi connectivity index (χ1v) is 58.4. The Morgan fingerprint density at radius 2 is 0.939 bits per heavy atom. The average molecular weight is 1810 g/mol. The van der Waals surface area contributed by atoms with E-state index in [1.54, 1.807) is 161 Å². The molecule has 5 saturated carbocycles. The number of benzene rings is 8. The largest absolute Gasteiger partial charge is 0.134 e. The van der Waals surface area contributed by atoms with Crippen molar-refractivity contribution in [1.29, 1.82) is 0 Å². The van der Waals surface area contributed by atoms with Crippen LogP contribution in [0.25, 0.3) is 68.8 Å². The fourth-order valence-electron chi connectivity index (χ4n) is 35.5. The topological polar surface area (TPSA) is 0 Å². The molecule has 0 nitrogen and oxygen atoms in total. The van der Waals surface area contributed by atoms with Crippen LogP contribution < -0.4 is 0 Å². The molecular weight excluding hydrogens is 1630 g/mol. The highest BCUT2D eigenvalue weighted by Crippen LogP contribution is 2.76. The zero-order valence-electron chi connectivity index (χ0n) is 89.6. The molecule has 21 rings (SSSR count). The first kappa shape index (κ1) is 96.0. The van der Waals surface area contributed by atoms with E-state index in [1.807, 2.05) is 22.3 Å². The lowest BCUT2D eigenvalue weighted by atomic mass is 9.46. The van der Waals surface area contributed by atoms with Gasteiger partial charge in [0.1, 0.15) is 0 Å². The van der Waals surface area contributed by atoms with E-state index in [9.17, 15) is 0 Å². The number of unbranched alkanes of at least 4 members (excludes halogenated alkanes) is 9. The van der Waals surface area contributed by atoms with Crippen LogP contribution in [-0.2, 0) is 12.8 Å². The summed E-state index contributed by atoms with van der Waals surface area (Å²) >= 11 is 4.54. The van der Waals surface area contributed by atoms with Gasteiger partial charge in [-0.15, -0.1) is 23.1 Å². The van der Waals surface area contributed by atoms with Crippen molar-refractivity contribution in [3.8, 4) is 0 Å². The van der Waals surface area contributed by atoms with Gasteiger partial charge in [-0.3, -0.25) is 0 Å². The zero-order valence-corrected chi connectivity index (χ0v) is 91.2. The molecule has 2 heteroatoms. The molecule has 1 heterocycles. The molecular formula is C130H182S2. The Kier molecular flexibility index (Phi) is 27.1. The Morgan fingerprint density at radius 1 is 0.348 bits per heavy atom. The monoisotopic (exact) mass is 1810 g/mol. The number of thioether (sulfide) groups is 1. The predicted molar refractivity (Wildman–Crippen MR) is 583 cm³/mol. The normalized spacial score (nSPS) is 34.3. The number of allylic oxidation sites excluding steroid dienone is 2. The molecule has 0 bridgehead atoms. The van der Waals surface area contributed by atoms with Crippen LogP contribution >= 0.6 is 23.1 Å². The van der Waals surface area contributed by atoms with Crippen molar-refractivity contribution in [2.45, 2.75) is 440 Å². The molecule has 12 aliphatic carbocycles. The summed E-state index contributed by atoms with van der Waals surface area (Å²) in [6.45, 7) is 79.1. The standard InChI is InChI=1S/C99H124S2.C17H30.C14H28/c1-25-27-29-31-33-69-64(23)71-41-67-42-72-66(35-36-68-45(4)38-47(6)76-46(5)37-44(3)49(8)80(68)76)40-73-86-74-39-48(7)77-83(60(19)57(16)78-55(14)53(12)54(13)70(87(77)78)34-32-30-28-26-2)98(74)101-99(86)84-61(20)58(17)79-56(15)59(18)82-91-75(43-100-97-62(21)51(10)50(9)52(11)63(97)22)81(65(69)24)88(71)95(91)85(67)96-89(72)90(73)94(84)92(79)93(82)96;1-10-8-14-6-5-7-15-9-11(2)13(4)16(12(10)3)17(14)15;1-4-5-6-7-11-14-12(2)9-8-10-13(14)3/h38-42,44,46,49,53-56,58-59,61,64-65,69-70,75,79,81,92-93H,25-37,43H2,1-24H3;10-17H,5-9H2,1-4H3;12-14H,4-11H2,1-3H3. The maximum atomic E-state index is 2.92. The van der Waals surface area contributed by atoms with Gasteiger partial charge in [0, 0.05) is 48.0 Å². The summed E-state index contributed by atoms with van der Waals surface area (Å²) in [5.74, 6) is 23.0. The van der Waals surface area contributed by atoms with Crippen LogP contribution in [0.2, 0.25) is 0 Å². The van der Waals surface area contributed by atoms with Crippen molar-refractivity contribution in [1.82, 2.24) is 0 Å². The van der Waals surface area contributed by atoms with Gasteiger partial charge in [-0.25, -0.2) is 0 Å². The van der Waals surface area contributed by atoms with Crippen LogP contribution in [0.3, 0.4) is 0 Å². The van der Waals surface area contributed by atoms with Crippen LogP contribution in [0.5, 0.6) is 0 Å². The number of fused-ring (bicyclic) bond motifs is 10. The van der Waals surface area contributed by atoms with Crippen molar-refractivity contribution in [2.24, 2.45) is 124 Å². The number of thiophene rings is 1. The summed E-state index contributed by atoms with van der Waals surface area (Å²) in [4.78, 5) is 1.57. The maximum Gasteiger partial charge on any atom is 0.0437 e. The third-order valence-electron chi connectivity index (χ3n) is 44.0. The van der Waals surface area contributed by atoms with Crippen LogP contribution in [0.4, 0.5) is 0 Å². The number of aryl methyl sites for hydroxylation is 5. The third kappa shape index (κ3) is 14.9. The van der Waals surface area contributed by atoms with Gasteiger partial charge in [0.25, 0.3) is 0 Å². The molecule has 27 unspecified atom stereocenters. The minimum Gasteiger partial charge on any atom is -0.134 e. The molecule has 0 spiro atoms. The second kappa shape index (κ2) is 37.3. The highest BCUT2D eigenvalue weighted by Gasteiger charge is 2.61. The van der Waals surface area contributed by atoms with Gasteiger partial charge in [-0.1, -0.05) is 279 Å². The summed E-state index contributed by atoms with van der Waals surface area (Å²) in [5, 5.41) is 16.3. The van der Waals surface area contributed by atoms with Crippen molar-refractivity contribution < 1.29 is 0 Å². The van der Waals surface area contributed by atoms with Crippen LogP contribution in [0.15, 0.2) is 40.8 Å². The maximum absolute atomic E-state index is 2.92. The first-order valence-electron chi connectivity index (χ1n) is 56.6. The molecule has 714 valence electrons. The third-order valence-corrected chi connectivity index (χ3v) is 46.7. The van der Waals surface area contributed by atoms with Crippen LogP contribution in [0, 0.1) is 194 Å². The molecule has 12 aliphatic rings. The molecule has 27 atom stereocenters. The van der Waals surface area contributed by atoms with E-state index in [0.29, 0.717) is 112 Å². The summed E-state index contributed by atoms with van der Waals surface area (Å²) < 4.78 is 3.24. The van der Waals surface area contributed by atoms with Gasteiger partial charge < -0.3 is 0 Å². The second-order valence-corrected chi connectivity index (χ2v) is 52.2. The van der Waals surface area contributed by atoms with Gasteiger partial charge in [-0.05, 0) is 470 Å². The van der Waals surface area contributed by atoms with Gasteiger partial charge in [0.2, 0.25) is 0 Å². The van der Waals surface area contributed by atoms with Gasteiger partial charge in [0.15, 0.2) is 0 Å². The van der Waals surface area contributed by atoms with E-state index >= 15 is 0 Å². The highest BCUT2D eigenvalue weighted by atomic mass is 32.2. The van der Waals surface area contributed by atoms with Crippen molar-refractivity contribution >= 4 is 91.9 Å². The first-order chi connectivity index (χ1) is 63.1. The molecule has 0 N–H and O–H groups in total. The zero-order chi connectivity index (χ0) is 93.7.